The first-order valence-corrected chi connectivity index (χ1v) is 8.27. The molecular weight excluding hydrogens is 282 g/mol. The maximum Gasteiger partial charge on any atom is 0.244 e. The number of sulfonamides is 1. The molecule has 4 heteroatoms. The van der Waals surface area contributed by atoms with Gasteiger partial charge in [0, 0.05) is 6.54 Å². The highest BCUT2D eigenvalue weighted by Gasteiger charge is 2.36. The lowest BCUT2D eigenvalue weighted by Gasteiger charge is -2.22. The van der Waals surface area contributed by atoms with Crippen molar-refractivity contribution in [2.24, 2.45) is 0 Å². The van der Waals surface area contributed by atoms with E-state index in [4.69, 9.17) is 0 Å². The molecule has 1 aliphatic heterocycles. The number of fused-ring (bicyclic) bond motifs is 1. The van der Waals surface area contributed by atoms with Crippen LogP contribution in [0.5, 0.6) is 0 Å². The van der Waals surface area contributed by atoms with E-state index in [1.165, 1.54) is 4.31 Å². The molecule has 3 nitrogen and oxygen atoms in total. The molecule has 1 heterocycles. The zero-order valence-electron chi connectivity index (χ0n) is 11.9. The third kappa shape index (κ3) is 2.30. The minimum absolute atomic E-state index is 0.299. The van der Waals surface area contributed by atoms with Gasteiger partial charge in [0.15, 0.2) is 0 Å². The van der Waals surface area contributed by atoms with E-state index in [9.17, 15) is 8.42 Å². The van der Waals surface area contributed by atoms with Gasteiger partial charge in [-0.2, -0.15) is 4.31 Å². The van der Waals surface area contributed by atoms with Crippen LogP contribution in [0.3, 0.4) is 0 Å². The molecule has 0 bridgehead atoms. The van der Waals surface area contributed by atoms with Crippen molar-refractivity contribution in [1.82, 2.24) is 4.31 Å². The largest absolute Gasteiger partial charge is 0.244 e. The molecule has 21 heavy (non-hydrogen) atoms. The van der Waals surface area contributed by atoms with Crippen molar-refractivity contribution in [3.8, 4) is 0 Å². The lowest BCUT2D eigenvalue weighted by Crippen LogP contribution is -2.28. The predicted octanol–water partition coefficient (Wildman–Crippen LogP) is 3.43. The predicted molar refractivity (Wildman–Crippen MR) is 83.3 cm³/mol. The van der Waals surface area contributed by atoms with Gasteiger partial charge in [0.25, 0.3) is 0 Å². The highest BCUT2D eigenvalue weighted by atomic mass is 32.2. The molecule has 0 aromatic heterocycles. The van der Waals surface area contributed by atoms with Crippen LogP contribution in [0, 0.1) is 6.92 Å². The van der Waals surface area contributed by atoms with Gasteiger partial charge < -0.3 is 0 Å². The van der Waals surface area contributed by atoms with Crippen LogP contribution < -0.4 is 0 Å². The molecule has 108 valence electrons. The van der Waals surface area contributed by atoms with Crippen LogP contribution in [-0.4, -0.2) is 12.7 Å². The summed E-state index contributed by atoms with van der Waals surface area (Å²) in [6.45, 7) is 6.14. The van der Waals surface area contributed by atoms with E-state index < -0.39 is 10.0 Å². The van der Waals surface area contributed by atoms with Crippen molar-refractivity contribution < 1.29 is 8.42 Å². The van der Waals surface area contributed by atoms with Gasteiger partial charge in [-0.3, -0.25) is 0 Å². The first-order valence-electron chi connectivity index (χ1n) is 6.83. The second-order valence-corrected chi connectivity index (χ2v) is 7.13. The third-order valence-corrected chi connectivity index (χ3v) is 5.70. The van der Waals surface area contributed by atoms with Gasteiger partial charge in [0.2, 0.25) is 10.0 Å². The monoisotopic (exact) mass is 299 g/mol. The summed E-state index contributed by atoms with van der Waals surface area (Å²) in [5, 5.41) is 0. The fraction of sp³-hybridized carbons (Fsp3) is 0.176. The topological polar surface area (TPSA) is 37.4 Å². The van der Waals surface area contributed by atoms with Gasteiger partial charge in [0.1, 0.15) is 0 Å². The second-order valence-electron chi connectivity index (χ2n) is 5.24. The van der Waals surface area contributed by atoms with Crippen LogP contribution >= 0.6 is 0 Å². The Morgan fingerprint density at radius 1 is 1.14 bits per heavy atom. The molecule has 0 N–H and O–H groups in total. The van der Waals surface area contributed by atoms with Crippen LogP contribution in [0.2, 0.25) is 0 Å². The van der Waals surface area contributed by atoms with Crippen LogP contribution in [0.1, 0.15) is 22.7 Å². The number of nitrogens with zero attached hydrogens (tertiary/aromatic N) is 1. The summed E-state index contributed by atoms with van der Waals surface area (Å²) in [6, 6.07) is 14.5. The molecule has 0 fully saturated rings. The summed E-state index contributed by atoms with van der Waals surface area (Å²) in [6.07, 6.45) is 1.69. The Morgan fingerprint density at radius 2 is 1.81 bits per heavy atom. The van der Waals surface area contributed by atoms with Gasteiger partial charge in [-0.25, -0.2) is 8.42 Å². The van der Waals surface area contributed by atoms with E-state index in [0.717, 1.165) is 16.7 Å². The molecule has 2 aromatic carbocycles. The van der Waals surface area contributed by atoms with Crippen LogP contribution in [-0.2, 0) is 16.6 Å². The molecule has 0 aliphatic carbocycles. The summed E-state index contributed by atoms with van der Waals surface area (Å²) in [7, 11) is -3.52. The first-order chi connectivity index (χ1) is 10.0. The zero-order valence-corrected chi connectivity index (χ0v) is 12.7. The van der Waals surface area contributed by atoms with Crippen molar-refractivity contribution in [2.75, 3.05) is 0 Å². The normalized spacial score (nSPS) is 18.4. The fourth-order valence-electron chi connectivity index (χ4n) is 2.71. The smallest absolute Gasteiger partial charge is 0.207 e. The average molecular weight is 299 g/mol. The van der Waals surface area contributed by atoms with E-state index in [1.807, 2.05) is 43.3 Å². The molecule has 0 spiro atoms. The maximum atomic E-state index is 12.9. The summed E-state index contributed by atoms with van der Waals surface area (Å²) in [5.41, 5.74) is 3.10. The average Bonchev–Trinajstić information content (AvgIpc) is 2.87. The molecule has 2 aromatic rings. The number of benzene rings is 2. The summed E-state index contributed by atoms with van der Waals surface area (Å²) >= 11 is 0. The highest BCUT2D eigenvalue weighted by Crippen LogP contribution is 2.38. The number of hydrogen-bond donors (Lipinski definition) is 0. The van der Waals surface area contributed by atoms with Crippen molar-refractivity contribution >= 4 is 10.0 Å². The molecule has 0 unspecified atom stereocenters. The molecular formula is C17H17NO2S. The number of hydrogen-bond acceptors (Lipinski definition) is 2. The maximum absolute atomic E-state index is 12.9. The summed E-state index contributed by atoms with van der Waals surface area (Å²) < 4.78 is 27.2. The Morgan fingerprint density at radius 3 is 2.48 bits per heavy atom. The standard InChI is InChI=1S/C17H17NO2S/c1-3-17-16-7-5-4-6-14(16)12-18(17)21(19,20)15-10-8-13(2)9-11-15/h3-11,17H,1,12H2,2H3/t17-/m1/s1. The lowest BCUT2D eigenvalue weighted by molar-refractivity contribution is 0.395. The summed E-state index contributed by atoms with van der Waals surface area (Å²) in [5.74, 6) is 0. The Bertz CT molecular complexity index is 779. The van der Waals surface area contributed by atoms with Crippen molar-refractivity contribution in [3.63, 3.8) is 0 Å². The van der Waals surface area contributed by atoms with Crippen LogP contribution in [0.15, 0.2) is 66.1 Å². The van der Waals surface area contributed by atoms with Crippen molar-refractivity contribution in [1.29, 1.82) is 0 Å². The second kappa shape index (κ2) is 5.13. The number of aryl methyl sites for hydroxylation is 1. The SMILES string of the molecule is C=C[C@@H]1c2ccccc2CN1S(=O)(=O)c1ccc(C)cc1. The molecule has 0 amide bonds. The Balaban J connectivity index is 2.05. The Labute approximate surface area is 125 Å². The van der Waals surface area contributed by atoms with Gasteiger partial charge in [-0.05, 0) is 30.2 Å². The Hall–Kier alpha value is -1.91. The third-order valence-electron chi connectivity index (χ3n) is 3.86. The molecule has 3 rings (SSSR count). The van der Waals surface area contributed by atoms with E-state index in [1.54, 1.807) is 18.2 Å². The molecule has 1 aliphatic rings. The minimum Gasteiger partial charge on any atom is -0.207 e. The fourth-order valence-corrected chi connectivity index (χ4v) is 4.27. The van der Waals surface area contributed by atoms with Gasteiger partial charge in [-0.15, -0.1) is 6.58 Å². The van der Waals surface area contributed by atoms with Crippen LogP contribution in [0.25, 0.3) is 0 Å². The van der Waals surface area contributed by atoms with E-state index in [-0.39, 0.29) is 6.04 Å². The van der Waals surface area contributed by atoms with Crippen LogP contribution in [0.4, 0.5) is 0 Å². The molecule has 0 saturated carbocycles. The summed E-state index contributed by atoms with van der Waals surface area (Å²) in [4.78, 5) is 0.327. The molecule has 1 atom stereocenters. The van der Waals surface area contributed by atoms with E-state index in [0.29, 0.717) is 11.4 Å². The van der Waals surface area contributed by atoms with E-state index in [2.05, 4.69) is 6.58 Å². The lowest BCUT2D eigenvalue weighted by atomic mass is 10.1. The first kappa shape index (κ1) is 14.0. The molecule has 0 radical (unpaired) electrons. The molecule has 0 saturated heterocycles. The Kier molecular flexibility index (Phi) is 3.43. The minimum atomic E-state index is -3.52. The number of rotatable bonds is 3. The van der Waals surface area contributed by atoms with Crippen molar-refractivity contribution in [3.05, 3.63) is 77.9 Å². The van der Waals surface area contributed by atoms with Crippen molar-refractivity contribution in [2.45, 2.75) is 24.4 Å². The van der Waals surface area contributed by atoms with E-state index >= 15 is 0 Å². The zero-order chi connectivity index (χ0) is 15.0. The van der Waals surface area contributed by atoms with Gasteiger partial charge in [-0.1, -0.05) is 48.0 Å². The van der Waals surface area contributed by atoms with Gasteiger partial charge in [0.05, 0.1) is 10.9 Å². The highest BCUT2D eigenvalue weighted by molar-refractivity contribution is 7.89. The quantitative estimate of drug-likeness (QED) is 0.814. The van der Waals surface area contributed by atoms with Gasteiger partial charge >= 0.3 is 0 Å².